The maximum Gasteiger partial charge on any atom is 0.338 e. The normalized spacial score (nSPS) is 10.5. The SMILES string of the molecule is Cc1ccc(-c2noc(CCC(=O)OCCOC(=O)c3ccccc3)n2)cc1. The largest absolute Gasteiger partial charge is 0.462 e. The highest BCUT2D eigenvalue weighted by Crippen LogP contribution is 2.16. The van der Waals surface area contributed by atoms with Crippen LogP contribution in [0, 0.1) is 6.92 Å². The van der Waals surface area contributed by atoms with E-state index in [4.69, 9.17) is 14.0 Å². The van der Waals surface area contributed by atoms with Gasteiger partial charge in [-0.3, -0.25) is 4.79 Å². The lowest BCUT2D eigenvalue weighted by molar-refractivity contribution is -0.144. The zero-order chi connectivity index (χ0) is 19.8. The Kier molecular flexibility index (Phi) is 6.51. The topological polar surface area (TPSA) is 91.5 Å². The van der Waals surface area contributed by atoms with Crippen LogP contribution >= 0.6 is 0 Å². The highest BCUT2D eigenvalue weighted by Gasteiger charge is 2.12. The minimum absolute atomic E-state index is 0.00238. The Morgan fingerprint density at radius 1 is 0.964 bits per heavy atom. The van der Waals surface area contributed by atoms with E-state index < -0.39 is 11.9 Å². The molecule has 0 saturated heterocycles. The molecule has 0 bridgehead atoms. The fourth-order valence-electron chi connectivity index (χ4n) is 2.40. The molecule has 0 aliphatic rings. The highest BCUT2D eigenvalue weighted by molar-refractivity contribution is 5.89. The predicted octanol–water partition coefficient (Wildman–Crippen LogP) is 3.38. The van der Waals surface area contributed by atoms with Gasteiger partial charge in [0.05, 0.1) is 12.0 Å². The molecule has 1 heterocycles. The molecule has 144 valence electrons. The quantitative estimate of drug-likeness (QED) is 0.437. The highest BCUT2D eigenvalue weighted by atomic mass is 16.6. The van der Waals surface area contributed by atoms with Crippen LogP contribution in [0.2, 0.25) is 0 Å². The van der Waals surface area contributed by atoms with Crippen LogP contribution in [0.1, 0.15) is 28.2 Å². The van der Waals surface area contributed by atoms with E-state index in [1.54, 1.807) is 24.3 Å². The smallest absolute Gasteiger partial charge is 0.338 e. The third-order valence-electron chi connectivity index (χ3n) is 3.91. The Morgan fingerprint density at radius 3 is 2.43 bits per heavy atom. The zero-order valence-electron chi connectivity index (χ0n) is 15.5. The average molecular weight is 380 g/mol. The Balaban J connectivity index is 1.37. The van der Waals surface area contributed by atoms with Gasteiger partial charge in [0.1, 0.15) is 13.2 Å². The van der Waals surface area contributed by atoms with Gasteiger partial charge in [-0.05, 0) is 19.1 Å². The molecule has 0 fully saturated rings. The minimum atomic E-state index is -0.453. The Bertz CT molecular complexity index is 919. The predicted molar refractivity (Wildman–Crippen MR) is 100 cm³/mol. The van der Waals surface area contributed by atoms with Crippen LogP contribution in [0.25, 0.3) is 11.4 Å². The molecular formula is C21H20N2O5. The van der Waals surface area contributed by atoms with Crippen LogP contribution in [0.15, 0.2) is 59.1 Å². The molecule has 0 atom stereocenters. The van der Waals surface area contributed by atoms with Gasteiger partial charge in [0, 0.05) is 12.0 Å². The van der Waals surface area contributed by atoms with E-state index in [0.717, 1.165) is 11.1 Å². The number of rotatable bonds is 8. The maximum atomic E-state index is 11.8. The first-order chi connectivity index (χ1) is 13.6. The molecule has 0 saturated carbocycles. The van der Waals surface area contributed by atoms with Crippen molar-refractivity contribution in [2.24, 2.45) is 0 Å². The number of benzene rings is 2. The van der Waals surface area contributed by atoms with E-state index in [9.17, 15) is 9.59 Å². The molecule has 0 amide bonds. The van der Waals surface area contributed by atoms with Crippen molar-refractivity contribution < 1.29 is 23.6 Å². The van der Waals surface area contributed by atoms with Crippen molar-refractivity contribution in [1.29, 1.82) is 0 Å². The van der Waals surface area contributed by atoms with Gasteiger partial charge in [-0.25, -0.2) is 4.79 Å². The van der Waals surface area contributed by atoms with Gasteiger partial charge in [-0.15, -0.1) is 0 Å². The number of hydrogen-bond acceptors (Lipinski definition) is 7. The monoisotopic (exact) mass is 380 g/mol. The zero-order valence-corrected chi connectivity index (χ0v) is 15.5. The van der Waals surface area contributed by atoms with Crippen LogP contribution in [-0.4, -0.2) is 35.3 Å². The third-order valence-corrected chi connectivity index (χ3v) is 3.91. The van der Waals surface area contributed by atoms with Gasteiger partial charge in [0.25, 0.3) is 0 Å². The summed E-state index contributed by atoms with van der Waals surface area (Å²) in [5.74, 6) is -0.0313. The molecule has 0 aliphatic heterocycles. The summed E-state index contributed by atoms with van der Waals surface area (Å²) in [4.78, 5) is 27.8. The van der Waals surface area contributed by atoms with Gasteiger partial charge in [0.15, 0.2) is 0 Å². The van der Waals surface area contributed by atoms with Crippen molar-refractivity contribution in [2.45, 2.75) is 19.8 Å². The number of ether oxygens (including phenoxy) is 2. The van der Waals surface area contributed by atoms with Crippen molar-refractivity contribution in [2.75, 3.05) is 13.2 Å². The molecule has 7 heteroatoms. The molecule has 7 nitrogen and oxygen atoms in total. The number of hydrogen-bond donors (Lipinski definition) is 0. The van der Waals surface area contributed by atoms with Crippen molar-refractivity contribution in [3.63, 3.8) is 0 Å². The van der Waals surface area contributed by atoms with Gasteiger partial charge in [-0.2, -0.15) is 4.98 Å². The number of carbonyl (C=O) groups excluding carboxylic acids is 2. The van der Waals surface area contributed by atoms with E-state index in [-0.39, 0.29) is 26.1 Å². The molecule has 1 aromatic heterocycles. The molecular weight excluding hydrogens is 360 g/mol. The molecule has 0 radical (unpaired) electrons. The molecule has 2 aromatic carbocycles. The lowest BCUT2D eigenvalue weighted by Crippen LogP contribution is -2.14. The lowest BCUT2D eigenvalue weighted by atomic mass is 10.1. The van der Waals surface area contributed by atoms with Crippen LogP contribution in [-0.2, 0) is 20.7 Å². The molecule has 0 aliphatic carbocycles. The minimum Gasteiger partial charge on any atom is -0.462 e. The summed E-state index contributed by atoms with van der Waals surface area (Å²) in [7, 11) is 0. The molecule has 0 spiro atoms. The molecule has 3 aromatic rings. The number of aryl methyl sites for hydroxylation is 2. The standard InChI is InChI=1S/C21H20N2O5/c1-15-7-9-16(10-8-15)20-22-18(28-23-20)11-12-19(24)26-13-14-27-21(25)17-5-3-2-4-6-17/h2-10H,11-14H2,1H3. The van der Waals surface area contributed by atoms with Crippen LogP contribution in [0.4, 0.5) is 0 Å². The number of aromatic nitrogens is 2. The lowest BCUT2D eigenvalue weighted by Gasteiger charge is -2.06. The first-order valence-electron chi connectivity index (χ1n) is 8.89. The second-order valence-corrected chi connectivity index (χ2v) is 6.10. The molecule has 3 rings (SSSR count). The fraction of sp³-hybridized carbons (Fsp3) is 0.238. The van der Waals surface area contributed by atoms with Crippen molar-refractivity contribution >= 4 is 11.9 Å². The summed E-state index contributed by atoms with van der Waals surface area (Å²) in [5.41, 5.74) is 2.45. The van der Waals surface area contributed by atoms with Gasteiger partial charge >= 0.3 is 11.9 Å². The Morgan fingerprint density at radius 2 is 1.68 bits per heavy atom. The Hall–Kier alpha value is -3.48. The average Bonchev–Trinajstić information content (AvgIpc) is 3.20. The second kappa shape index (κ2) is 9.45. The van der Waals surface area contributed by atoms with Gasteiger partial charge < -0.3 is 14.0 Å². The van der Waals surface area contributed by atoms with Crippen LogP contribution < -0.4 is 0 Å². The number of esters is 2. The number of nitrogens with zero attached hydrogens (tertiary/aromatic N) is 2. The number of carbonyl (C=O) groups is 2. The van der Waals surface area contributed by atoms with E-state index in [1.165, 1.54) is 0 Å². The molecule has 0 unspecified atom stereocenters. The fourth-order valence-corrected chi connectivity index (χ4v) is 2.40. The van der Waals surface area contributed by atoms with E-state index in [0.29, 0.717) is 17.3 Å². The van der Waals surface area contributed by atoms with Crippen LogP contribution in [0.5, 0.6) is 0 Å². The summed E-state index contributed by atoms with van der Waals surface area (Å²) >= 11 is 0. The van der Waals surface area contributed by atoms with Crippen molar-refractivity contribution in [3.8, 4) is 11.4 Å². The molecule has 0 N–H and O–H groups in total. The summed E-state index contributed by atoms with van der Waals surface area (Å²) in [6.45, 7) is 1.99. The maximum absolute atomic E-state index is 11.8. The summed E-state index contributed by atoms with van der Waals surface area (Å²) < 4.78 is 15.3. The van der Waals surface area contributed by atoms with Crippen molar-refractivity contribution in [3.05, 3.63) is 71.6 Å². The van der Waals surface area contributed by atoms with E-state index in [1.807, 2.05) is 37.3 Å². The van der Waals surface area contributed by atoms with Gasteiger partial charge in [0.2, 0.25) is 11.7 Å². The summed E-state index contributed by atoms with van der Waals surface area (Å²) in [6.07, 6.45) is 0.379. The third kappa shape index (κ3) is 5.51. The van der Waals surface area contributed by atoms with Gasteiger partial charge in [-0.1, -0.05) is 53.2 Å². The van der Waals surface area contributed by atoms with E-state index in [2.05, 4.69) is 10.1 Å². The molecule has 28 heavy (non-hydrogen) atoms. The Labute approximate surface area is 162 Å². The van der Waals surface area contributed by atoms with E-state index >= 15 is 0 Å². The van der Waals surface area contributed by atoms with Crippen LogP contribution in [0.3, 0.4) is 0 Å². The first kappa shape index (κ1) is 19.3. The summed E-state index contributed by atoms with van der Waals surface area (Å²) in [6, 6.07) is 16.4. The van der Waals surface area contributed by atoms with Crippen molar-refractivity contribution in [1.82, 2.24) is 10.1 Å². The summed E-state index contributed by atoms with van der Waals surface area (Å²) in [5, 5.41) is 3.92. The second-order valence-electron chi connectivity index (χ2n) is 6.10. The first-order valence-corrected chi connectivity index (χ1v) is 8.89.